The summed E-state index contributed by atoms with van der Waals surface area (Å²) in [5, 5.41) is 2.88. The van der Waals surface area contributed by atoms with Crippen LogP contribution in [0, 0.1) is 0 Å². The van der Waals surface area contributed by atoms with Gasteiger partial charge in [-0.3, -0.25) is 24.2 Å². The van der Waals surface area contributed by atoms with Crippen LogP contribution in [0.15, 0.2) is 22.8 Å². The third kappa shape index (κ3) is 4.44. The van der Waals surface area contributed by atoms with Crippen molar-refractivity contribution in [1.29, 1.82) is 0 Å². The normalized spacial score (nSPS) is 16.0. The Morgan fingerprint density at radius 3 is 2.50 bits per heavy atom. The Morgan fingerprint density at radius 1 is 1.29 bits per heavy atom. The van der Waals surface area contributed by atoms with Crippen LogP contribution in [0.4, 0.5) is 0 Å². The van der Waals surface area contributed by atoms with Crippen LogP contribution in [0.25, 0.3) is 0 Å². The Hall–Kier alpha value is -2.15. The Balaban J connectivity index is 1.86. The molecule has 0 spiro atoms. The number of carbonyl (C=O) groups is 3. The average Bonchev–Trinajstić information content (AvgIpc) is 3.20. The molecule has 0 aromatic carbocycles. The zero-order valence-electron chi connectivity index (χ0n) is 14.3. The maximum absolute atomic E-state index is 12.1. The van der Waals surface area contributed by atoms with Gasteiger partial charge in [0.1, 0.15) is 5.76 Å². The van der Waals surface area contributed by atoms with Crippen molar-refractivity contribution < 1.29 is 18.8 Å². The molecular weight excluding hydrogens is 310 g/mol. The van der Waals surface area contributed by atoms with Crippen LogP contribution >= 0.6 is 0 Å². The first-order valence-corrected chi connectivity index (χ1v) is 8.44. The van der Waals surface area contributed by atoms with Gasteiger partial charge in [-0.1, -0.05) is 13.8 Å². The number of nitrogens with zero attached hydrogens (tertiary/aromatic N) is 2. The molecule has 1 fully saturated rings. The van der Waals surface area contributed by atoms with Gasteiger partial charge in [-0.2, -0.15) is 0 Å². The van der Waals surface area contributed by atoms with Gasteiger partial charge in [0.05, 0.1) is 12.3 Å². The Morgan fingerprint density at radius 2 is 1.96 bits per heavy atom. The lowest BCUT2D eigenvalue weighted by Gasteiger charge is -2.28. The number of furan rings is 1. The van der Waals surface area contributed by atoms with Gasteiger partial charge < -0.3 is 9.73 Å². The van der Waals surface area contributed by atoms with Crippen molar-refractivity contribution in [2.45, 2.75) is 39.2 Å². The fourth-order valence-corrected chi connectivity index (χ4v) is 2.94. The Labute approximate surface area is 142 Å². The van der Waals surface area contributed by atoms with Gasteiger partial charge in [-0.05, 0) is 25.2 Å². The molecule has 1 atom stereocenters. The molecule has 0 radical (unpaired) electrons. The van der Waals surface area contributed by atoms with Gasteiger partial charge in [-0.15, -0.1) is 0 Å². The number of imide groups is 1. The number of rotatable bonds is 9. The first-order valence-electron chi connectivity index (χ1n) is 8.44. The predicted octanol–water partition coefficient (Wildman–Crippen LogP) is 1.32. The third-order valence-corrected chi connectivity index (χ3v) is 4.33. The molecule has 3 amide bonds. The minimum absolute atomic E-state index is 0.0333. The summed E-state index contributed by atoms with van der Waals surface area (Å²) >= 11 is 0. The van der Waals surface area contributed by atoms with Gasteiger partial charge in [0.25, 0.3) is 0 Å². The van der Waals surface area contributed by atoms with Crippen molar-refractivity contribution in [3.05, 3.63) is 24.2 Å². The largest absolute Gasteiger partial charge is 0.468 e. The van der Waals surface area contributed by atoms with E-state index >= 15 is 0 Å². The molecule has 0 aliphatic carbocycles. The van der Waals surface area contributed by atoms with Crippen LogP contribution in [-0.2, 0) is 14.4 Å². The lowest BCUT2D eigenvalue weighted by Crippen LogP contribution is -2.39. The monoisotopic (exact) mass is 335 g/mol. The van der Waals surface area contributed by atoms with E-state index in [1.54, 1.807) is 6.26 Å². The van der Waals surface area contributed by atoms with Gasteiger partial charge in [0.2, 0.25) is 17.7 Å². The maximum atomic E-state index is 12.1. The van der Waals surface area contributed by atoms with Crippen LogP contribution in [-0.4, -0.2) is 53.7 Å². The van der Waals surface area contributed by atoms with Crippen molar-refractivity contribution >= 4 is 17.7 Å². The highest BCUT2D eigenvalue weighted by Crippen LogP contribution is 2.20. The molecular formula is C17H25N3O4. The van der Waals surface area contributed by atoms with Gasteiger partial charge >= 0.3 is 0 Å². The molecule has 1 N–H and O–H groups in total. The number of carbonyl (C=O) groups excluding carboxylic acids is 3. The molecule has 24 heavy (non-hydrogen) atoms. The van der Waals surface area contributed by atoms with Crippen molar-refractivity contribution in [3.63, 3.8) is 0 Å². The average molecular weight is 335 g/mol. The van der Waals surface area contributed by atoms with E-state index in [0.717, 1.165) is 18.8 Å². The molecule has 0 bridgehead atoms. The van der Waals surface area contributed by atoms with E-state index in [0.29, 0.717) is 6.54 Å². The second-order valence-electron chi connectivity index (χ2n) is 5.75. The number of amides is 3. The van der Waals surface area contributed by atoms with Crippen molar-refractivity contribution in [1.82, 2.24) is 15.1 Å². The van der Waals surface area contributed by atoms with Crippen molar-refractivity contribution in [2.24, 2.45) is 0 Å². The van der Waals surface area contributed by atoms with Gasteiger partial charge in [-0.25, -0.2) is 0 Å². The molecule has 0 saturated carbocycles. The summed E-state index contributed by atoms with van der Waals surface area (Å²) in [4.78, 5) is 38.5. The third-order valence-electron chi connectivity index (χ3n) is 4.33. The fraction of sp³-hybridized carbons (Fsp3) is 0.588. The van der Waals surface area contributed by atoms with E-state index < -0.39 is 0 Å². The molecule has 1 saturated heterocycles. The lowest BCUT2D eigenvalue weighted by atomic mass is 10.2. The summed E-state index contributed by atoms with van der Waals surface area (Å²) in [6.45, 7) is 6.39. The molecule has 0 unspecified atom stereocenters. The standard InChI is InChI=1S/C17H25N3O4/c1-3-19(4-2)13(14-6-5-11-24-14)12-18-15(21)9-10-20-16(22)7-8-17(20)23/h5-6,11,13H,3-4,7-10,12H2,1-2H3,(H,18,21)/t13-/m1/s1. The number of hydrogen-bond acceptors (Lipinski definition) is 5. The summed E-state index contributed by atoms with van der Waals surface area (Å²) in [5.74, 6) is 0.254. The molecule has 2 rings (SSSR count). The van der Waals surface area contributed by atoms with Gasteiger partial charge in [0, 0.05) is 32.4 Å². The zero-order chi connectivity index (χ0) is 17.5. The number of nitrogens with one attached hydrogen (secondary N) is 1. The predicted molar refractivity (Wildman–Crippen MR) is 88.0 cm³/mol. The summed E-state index contributed by atoms with van der Waals surface area (Å²) in [6.07, 6.45) is 2.25. The van der Waals surface area contributed by atoms with Crippen molar-refractivity contribution in [3.8, 4) is 0 Å². The van der Waals surface area contributed by atoms with Crippen LogP contribution in [0.2, 0.25) is 0 Å². The smallest absolute Gasteiger partial charge is 0.229 e. The number of likely N-dealkylation sites (tertiary alicyclic amines) is 1. The molecule has 1 aliphatic rings. The van der Waals surface area contributed by atoms with Crippen LogP contribution < -0.4 is 5.32 Å². The SMILES string of the molecule is CCN(CC)[C@H](CNC(=O)CCN1C(=O)CCC1=O)c1ccco1. The molecule has 1 aromatic heterocycles. The van der Waals surface area contributed by atoms with E-state index in [2.05, 4.69) is 24.1 Å². The molecule has 1 aromatic rings. The lowest BCUT2D eigenvalue weighted by molar-refractivity contribution is -0.138. The second kappa shape index (κ2) is 8.63. The minimum Gasteiger partial charge on any atom is -0.468 e. The first-order chi connectivity index (χ1) is 11.6. The van der Waals surface area contributed by atoms with E-state index in [-0.39, 0.29) is 49.6 Å². The molecule has 7 heteroatoms. The van der Waals surface area contributed by atoms with Gasteiger partial charge in [0.15, 0.2) is 0 Å². The maximum Gasteiger partial charge on any atom is 0.229 e. The summed E-state index contributed by atoms with van der Waals surface area (Å²) < 4.78 is 5.49. The first kappa shape index (κ1) is 18.2. The molecule has 132 valence electrons. The summed E-state index contributed by atoms with van der Waals surface area (Å²) in [7, 11) is 0. The highest BCUT2D eigenvalue weighted by atomic mass is 16.3. The van der Waals surface area contributed by atoms with Crippen molar-refractivity contribution in [2.75, 3.05) is 26.2 Å². The topological polar surface area (TPSA) is 82.9 Å². The summed E-state index contributed by atoms with van der Waals surface area (Å²) in [6, 6.07) is 3.70. The highest BCUT2D eigenvalue weighted by molar-refractivity contribution is 6.02. The zero-order valence-corrected chi connectivity index (χ0v) is 14.3. The molecule has 1 aliphatic heterocycles. The second-order valence-corrected chi connectivity index (χ2v) is 5.75. The van der Waals surface area contributed by atoms with E-state index in [4.69, 9.17) is 4.42 Å². The summed E-state index contributed by atoms with van der Waals surface area (Å²) in [5.41, 5.74) is 0. The van der Waals surface area contributed by atoms with E-state index in [1.807, 2.05) is 12.1 Å². The fourth-order valence-electron chi connectivity index (χ4n) is 2.94. The minimum atomic E-state index is -0.190. The van der Waals surface area contributed by atoms with E-state index in [1.165, 1.54) is 4.90 Å². The number of likely N-dealkylation sites (N-methyl/N-ethyl adjacent to an activating group) is 1. The van der Waals surface area contributed by atoms with Crippen LogP contribution in [0.1, 0.15) is 44.9 Å². The molecule has 7 nitrogen and oxygen atoms in total. The molecule has 2 heterocycles. The highest BCUT2D eigenvalue weighted by Gasteiger charge is 2.29. The van der Waals surface area contributed by atoms with Crippen LogP contribution in [0.3, 0.4) is 0 Å². The Kier molecular flexibility index (Phi) is 6.54. The quantitative estimate of drug-likeness (QED) is 0.688. The van der Waals surface area contributed by atoms with E-state index in [9.17, 15) is 14.4 Å². The van der Waals surface area contributed by atoms with Crippen LogP contribution in [0.5, 0.6) is 0 Å². The Bertz CT molecular complexity index is 550. The number of hydrogen-bond donors (Lipinski definition) is 1.